The fourth-order valence-electron chi connectivity index (χ4n) is 5.41. The number of hydrogen-bond donors (Lipinski definition) is 0. The number of nitrogens with zero attached hydrogens (tertiary/aromatic N) is 1. The van der Waals surface area contributed by atoms with E-state index in [9.17, 15) is 19.0 Å². The van der Waals surface area contributed by atoms with Gasteiger partial charge in [-0.05, 0) is 64.2 Å². The number of phosphoric acid groups is 1. The van der Waals surface area contributed by atoms with Crippen molar-refractivity contribution in [2.24, 2.45) is 0 Å². The molecule has 0 amide bonds. The summed E-state index contributed by atoms with van der Waals surface area (Å²) in [5.74, 6) is -0.849. The van der Waals surface area contributed by atoms with Crippen LogP contribution >= 0.6 is 7.82 Å². The second kappa shape index (κ2) is 34.3. The molecule has 0 saturated heterocycles. The zero-order valence-corrected chi connectivity index (χ0v) is 34.4. The van der Waals surface area contributed by atoms with Crippen LogP contribution in [0.25, 0.3) is 0 Å². The van der Waals surface area contributed by atoms with E-state index in [0.29, 0.717) is 17.4 Å². The van der Waals surface area contributed by atoms with Gasteiger partial charge >= 0.3 is 11.9 Å². The first-order valence-corrected chi connectivity index (χ1v) is 22.0. The molecule has 300 valence electrons. The van der Waals surface area contributed by atoms with Gasteiger partial charge in [0.15, 0.2) is 6.10 Å². The summed E-state index contributed by atoms with van der Waals surface area (Å²) < 4.78 is 33.8. The van der Waals surface area contributed by atoms with Crippen LogP contribution in [0, 0.1) is 0 Å². The smallest absolute Gasteiger partial charge is 0.306 e. The molecule has 0 aliphatic heterocycles. The number of unbranched alkanes of at least 4 members (excludes halogenated alkanes) is 19. The van der Waals surface area contributed by atoms with E-state index in [0.717, 1.165) is 64.2 Å². The molecule has 0 heterocycles. The summed E-state index contributed by atoms with van der Waals surface area (Å²) in [4.78, 5) is 37.4. The molecule has 0 N–H and O–H groups in total. The molecule has 0 aromatic heterocycles. The summed E-state index contributed by atoms with van der Waals surface area (Å²) in [5.41, 5.74) is 0. The maximum Gasteiger partial charge on any atom is 0.306 e. The second-order valence-corrected chi connectivity index (χ2v) is 16.4. The lowest BCUT2D eigenvalue weighted by molar-refractivity contribution is -0.870. The van der Waals surface area contributed by atoms with Gasteiger partial charge in [0.1, 0.15) is 19.8 Å². The number of carbonyl (C=O) groups is 2. The molecule has 0 spiro atoms. The fraction of sp³-hybridized carbons (Fsp3) is 0.854. The van der Waals surface area contributed by atoms with Crippen LogP contribution in [0.3, 0.4) is 0 Å². The molecule has 0 fully saturated rings. The largest absolute Gasteiger partial charge is 0.756 e. The molecule has 2 atom stereocenters. The van der Waals surface area contributed by atoms with E-state index in [2.05, 4.69) is 38.2 Å². The highest BCUT2D eigenvalue weighted by Crippen LogP contribution is 2.38. The predicted octanol–water partition coefficient (Wildman–Crippen LogP) is 10.6. The Kier molecular flexibility index (Phi) is 33.3. The summed E-state index contributed by atoms with van der Waals surface area (Å²) in [5, 5.41) is 0. The highest BCUT2D eigenvalue weighted by Gasteiger charge is 2.21. The highest BCUT2D eigenvalue weighted by molar-refractivity contribution is 7.45. The van der Waals surface area contributed by atoms with Crippen molar-refractivity contribution in [3.05, 3.63) is 24.3 Å². The average molecular weight is 744 g/mol. The lowest BCUT2D eigenvalue weighted by Gasteiger charge is -2.28. The number of esters is 2. The van der Waals surface area contributed by atoms with E-state index < -0.39 is 32.5 Å². The zero-order valence-electron chi connectivity index (χ0n) is 33.6. The third kappa shape index (κ3) is 38.0. The van der Waals surface area contributed by atoms with Crippen LogP contribution in [-0.4, -0.2) is 70.0 Å². The van der Waals surface area contributed by atoms with Crippen molar-refractivity contribution in [1.82, 2.24) is 0 Å². The Morgan fingerprint density at radius 2 is 1.00 bits per heavy atom. The number of carbonyl (C=O) groups excluding carboxylic acids is 2. The summed E-state index contributed by atoms with van der Waals surface area (Å²) in [6.45, 7) is 4.17. The highest BCUT2D eigenvalue weighted by atomic mass is 31.2. The second-order valence-electron chi connectivity index (χ2n) is 15.0. The van der Waals surface area contributed by atoms with Crippen molar-refractivity contribution in [3.63, 3.8) is 0 Å². The van der Waals surface area contributed by atoms with E-state index in [1.807, 2.05) is 21.1 Å². The summed E-state index contributed by atoms with van der Waals surface area (Å²) in [6, 6.07) is 0. The molecule has 51 heavy (non-hydrogen) atoms. The van der Waals surface area contributed by atoms with Crippen LogP contribution in [0.5, 0.6) is 0 Å². The minimum absolute atomic E-state index is 0.0320. The molecule has 0 radical (unpaired) electrons. The van der Waals surface area contributed by atoms with Gasteiger partial charge in [-0.2, -0.15) is 0 Å². The van der Waals surface area contributed by atoms with Gasteiger partial charge < -0.3 is 27.9 Å². The molecular formula is C41H78NO8P. The van der Waals surface area contributed by atoms with Crippen molar-refractivity contribution >= 4 is 19.8 Å². The summed E-state index contributed by atoms with van der Waals surface area (Å²) in [6.07, 6.45) is 34.8. The Labute approximate surface area is 313 Å². The van der Waals surface area contributed by atoms with E-state index in [-0.39, 0.29) is 26.1 Å². The van der Waals surface area contributed by atoms with Crippen molar-refractivity contribution in [2.75, 3.05) is 47.5 Å². The van der Waals surface area contributed by atoms with Crippen LogP contribution < -0.4 is 4.89 Å². The SMILES string of the molecule is CCCCC/C=C/CCCCCCCC(=O)OC[C@H](COP(=O)([O-])OCC[N+](C)(C)C)OC(=O)CCCCCCCCC/C=C/CCCCCC. The fourth-order valence-corrected chi connectivity index (χ4v) is 6.14. The molecular weight excluding hydrogens is 665 g/mol. The van der Waals surface area contributed by atoms with E-state index in [4.69, 9.17) is 18.5 Å². The van der Waals surface area contributed by atoms with Crippen LogP contribution in [0.1, 0.15) is 174 Å². The van der Waals surface area contributed by atoms with Gasteiger partial charge in [-0.25, -0.2) is 0 Å². The first kappa shape index (κ1) is 49.5. The predicted molar refractivity (Wildman–Crippen MR) is 208 cm³/mol. The third-order valence-electron chi connectivity index (χ3n) is 8.69. The quantitative estimate of drug-likeness (QED) is 0.0203. The molecule has 0 rings (SSSR count). The van der Waals surface area contributed by atoms with E-state index >= 15 is 0 Å². The first-order valence-electron chi connectivity index (χ1n) is 20.5. The number of likely N-dealkylation sites (N-methyl/N-ethyl adjacent to an activating group) is 1. The maximum absolute atomic E-state index is 12.6. The number of quaternary nitrogens is 1. The number of phosphoric ester groups is 1. The van der Waals surface area contributed by atoms with Gasteiger partial charge in [0.25, 0.3) is 7.82 Å². The lowest BCUT2D eigenvalue weighted by atomic mass is 10.1. The van der Waals surface area contributed by atoms with E-state index in [1.54, 1.807) is 0 Å². The van der Waals surface area contributed by atoms with Gasteiger partial charge in [0.2, 0.25) is 0 Å². The molecule has 9 nitrogen and oxygen atoms in total. The molecule has 0 aliphatic carbocycles. The molecule has 0 aliphatic rings. The Morgan fingerprint density at radius 3 is 1.49 bits per heavy atom. The Bertz CT molecular complexity index is 933. The molecule has 0 aromatic carbocycles. The zero-order chi connectivity index (χ0) is 37.9. The van der Waals surface area contributed by atoms with Crippen molar-refractivity contribution in [1.29, 1.82) is 0 Å². The number of rotatable bonds is 37. The molecule has 1 unspecified atom stereocenters. The first-order chi connectivity index (χ1) is 24.5. The topological polar surface area (TPSA) is 111 Å². The molecule has 0 saturated carbocycles. The van der Waals surface area contributed by atoms with E-state index in [1.165, 1.54) is 77.0 Å². The Morgan fingerprint density at radius 1 is 0.588 bits per heavy atom. The Balaban J connectivity index is 4.41. The van der Waals surface area contributed by atoms with Gasteiger partial charge in [0, 0.05) is 12.8 Å². The normalized spacial score (nSPS) is 13.9. The minimum Gasteiger partial charge on any atom is -0.756 e. The number of hydrogen-bond acceptors (Lipinski definition) is 8. The maximum atomic E-state index is 12.6. The molecule has 10 heteroatoms. The molecule has 0 bridgehead atoms. The van der Waals surface area contributed by atoms with Gasteiger partial charge in [-0.3, -0.25) is 14.2 Å². The number of ether oxygens (including phenoxy) is 2. The minimum atomic E-state index is -4.62. The van der Waals surface area contributed by atoms with Gasteiger partial charge in [-0.15, -0.1) is 0 Å². The summed E-state index contributed by atoms with van der Waals surface area (Å²) >= 11 is 0. The monoisotopic (exact) mass is 744 g/mol. The number of allylic oxidation sites excluding steroid dienone is 4. The van der Waals surface area contributed by atoms with Crippen LogP contribution in [0.4, 0.5) is 0 Å². The molecule has 0 aromatic rings. The third-order valence-corrected chi connectivity index (χ3v) is 9.66. The van der Waals surface area contributed by atoms with Crippen molar-refractivity contribution in [2.45, 2.75) is 180 Å². The standard InChI is InChI=1S/C41H78NO8P/c1-6-8-10-12-14-16-18-20-21-22-24-26-28-30-32-34-41(44)50-39(38-49-51(45,46)48-36-35-42(3,4)5)37-47-40(43)33-31-29-27-25-23-19-17-15-13-11-9-7-2/h15-18,39H,6-14,19-38H2,1-5H3/b17-15+,18-16+/t39-/m1/s1. The van der Waals surface area contributed by atoms with Crippen LogP contribution in [-0.2, 0) is 32.7 Å². The van der Waals surface area contributed by atoms with Crippen LogP contribution in [0.2, 0.25) is 0 Å². The van der Waals surface area contributed by atoms with Gasteiger partial charge in [0.05, 0.1) is 27.7 Å². The average Bonchev–Trinajstić information content (AvgIpc) is 3.07. The van der Waals surface area contributed by atoms with Crippen molar-refractivity contribution < 1.29 is 42.1 Å². The Hall–Kier alpha value is -1.51. The van der Waals surface area contributed by atoms with Crippen molar-refractivity contribution in [3.8, 4) is 0 Å². The van der Waals surface area contributed by atoms with Gasteiger partial charge in [-0.1, -0.05) is 122 Å². The lowest BCUT2D eigenvalue weighted by Crippen LogP contribution is -2.37. The summed E-state index contributed by atoms with van der Waals surface area (Å²) in [7, 11) is 1.16. The van der Waals surface area contributed by atoms with Crippen LogP contribution in [0.15, 0.2) is 24.3 Å².